The number of benzene rings is 4. The molecule has 4 aliphatic heterocycles. The monoisotopic (exact) mass is 578 g/mol. The molecule has 0 radical (unpaired) electrons. The standard InChI is InChI=1S/C36H38N2O5/c1-37-15-13-24-8-11-27-21-28(24)29(37)17-22-5-9-26(10-6-22)42-32-19-23(7-12-31(32)39)18-30-34-25(14-16-38(30)2)20-33(40-3)35(41-4)36(34)43-27/h5-12,19-21,29-30,39H,13-18H2,1-4H3/t29-,30+/m0/s1. The molecule has 43 heavy (non-hydrogen) atoms. The van der Waals surface area contributed by atoms with Gasteiger partial charge in [-0.05, 0) is 110 Å². The van der Waals surface area contributed by atoms with Crippen molar-refractivity contribution in [2.45, 2.75) is 37.8 Å². The van der Waals surface area contributed by atoms with E-state index in [0.717, 1.165) is 49.2 Å². The molecule has 4 heterocycles. The number of phenolic OH excluding ortho intramolecular Hbond substituents is 1. The summed E-state index contributed by atoms with van der Waals surface area (Å²) in [6.07, 6.45) is 3.43. The summed E-state index contributed by atoms with van der Waals surface area (Å²) < 4.78 is 24.9. The molecule has 2 atom stereocenters. The first kappa shape index (κ1) is 27.6. The second-order valence-electron chi connectivity index (χ2n) is 11.9. The van der Waals surface area contributed by atoms with E-state index in [2.05, 4.69) is 60.3 Å². The molecule has 0 aromatic heterocycles. The van der Waals surface area contributed by atoms with Crippen LogP contribution in [0.25, 0.3) is 0 Å². The summed E-state index contributed by atoms with van der Waals surface area (Å²) in [7, 11) is 7.69. The minimum atomic E-state index is 0.00521. The van der Waals surface area contributed by atoms with E-state index in [0.29, 0.717) is 35.2 Å². The van der Waals surface area contributed by atoms with Gasteiger partial charge in [0.25, 0.3) is 0 Å². The first-order valence-electron chi connectivity index (χ1n) is 15.0. The zero-order valence-electron chi connectivity index (χ0n) is 25.2. The number of hydrogen-bond acceptors (Lipinski definition) is 7. The third kappa shape index (κ3) is 5.07. The smallest absolute Gasteiger partial charge is 0.204 e. The number of fused-ring (bicyclic) bond motifs is 2. The Morgan fingerprint density at radius 2 is 1.42 bits per heavy atom. The Kier molecular flexibility index (Phi) is 7.15. The topological polar surface area (TPSA) is 63.6 Å². The van der Waals surface area contributed by atoms with E-state index in [1.807, 2.05) is 24.3 Å². The van der Waals surface area contributed by atoms with Gasteiger partial charge in [0.1, 0.15) is 11.5 Å². The second kappa shape index (κ2) is 11.1. The molecule has 0 saturated heterocycles. The van der Waals surface area contributed by atoms with Crippen LogP contribution in [0.15, 0.2) is 66.7 Å². The van der Waals surface area contributed by atoms with E-state index in [1.165, 1.54) is 22.3 Å². The van der Waals surface area contributed by atoms with Crippen LogP contribution in [0.1, 0.15) is 45.5 Å². The van der Waals surface area contributed by atoms with E-state index in [9.17, 15) is 5.11 Å². The van der Waals surface area contributed by atoms with Crippen LogP contribution in [0.5, 0.6) is 40.2 Å². The fourth-order valence-corrected chi connectivity index (χ4v) is 6.91. The van der Waals surface area contributed by atoms with Crippen molar-refractivity contribution in [1.29, 1.82) is 0 Å². The largest absolute Gasteiger partial charge is 0.504 e. The number of methoxy groups -OCH3 is 2. The summed E-state index contributed by atoms with van der Waals surface area (Å²) >= 11 is 0. The maximum Gasteiger partial charge on any atom is 0.204 e. The molecule has 0 aliphatic carbocycles. The van der Waals surface area contributed by atoms with Crippen molar-refractivity contribution >= 4 is 0 Å². The van der Waals surface area contributed by atoms with Gasteiger partial charge < -0.3 is 24.1 Å². The molecule has 0 fully saturated rings. The Balaban J connectivity index is 1.44. The van der Waals surface area contributed by atoms with Gasteiger partial charge in [-0.15, -0.1) is 0 Å². The third-order valence-corrected chi connectivity index (χ3v) is 9.34. The maximum atomic E-state index is 10.7. The summed E-state index contributed by atoms with van der Waals surface area (Å²) in [5.74, 6) is 4.00. The van der Waals surface area contributed by atoms with Gasteiger partial charge in [-0.2, -0.15) is 0 Å². The summed E-state index contributed by atoms with van der Waals surface area (Å²) in [5, 5.41) is 10.7. The lowest BCUT2D eigenvalue weighted by atomic mass is 9.87. The van der Waals surface area contributed by atoms with Crippen LogP contribution in [0.3, 0.4) is 0 Å². The Morgan fingerprint density at radius 1 is 0.721 bits per heavy atom. The highest BCUT2D eigenvalue weighted by molar-refractivity contribution is 5.62. The van der Waals surface area contributed by atoms with Gasteiger partial charge >= 0.3 is 0 Å². The van der Waals surface area contributed by atoms with E-state index in [-0.39, 0.29) is 17.8 Å². The number of ether oxygens (including phenoxy) is 4. The highest BCUT2D eigenvalue weighted by Crippen LogP contribution is 2.50. The van der Waals surface area contributed by atoms with Crippen LogP contribution in [-0.2, 0) is 25.7 Å². The van der Waals surface area contributed by atoms with Gasteiger partial charge in [0, 0.05) is 30.7 Å². The lowest BCUT2D eigenvalue weighted by molar-refractivity contribution is 0.221. The van der Waals surface area contributed by atoms with Crippen LogP contribution in [0.2, 0.25) is 0 Å². The molecule has 8 rings (SSSR count). The second-order valence-corrected chi connectivity index (χ2v) is 11.9. The third-order valence-electron chi connectivity index (χ3n) is 9.34. The maximum absolute atomic E-state index is 10.7. The molecule has 4 aromatic rings. The molecule has 4 aromatic carbocycles. The fraction of sp³-hybridized carbons (Fsp3) is 0.333. The van der Waals surface area contributed by atoms with Gasteiger partial charge in [0.05, 0.1) is 14.2 Å². The Bertz CT molecular complexity index is 1670. The SMILES string of the molecule is COc1cc2c3c(c1OC)Oc1ccc4c(c1)[C@H](Cc1ccc(cc1)Oc1cc(ccc1O)C[C@H]3N(C)CC2)N(C)CC4. The highest BCUT2D eigenvalue weighted by Gasteiger charge is 2.34. The Labute approximate surface area is 253 Å². The first-order chi connectivity index (χ1) is 20.9. The molecule has 6 bridgehead atoms. The van der Waals surface area contributed by atoms with Crippen molar-refractivity contribution in [3.63, 3.8) is 0 Å². The van der Waals surface area contributed by atoms with Gasteiger partial charge in [-0.25, -0.2) is 0 Å². The van der Waals surface area contributed by atoms with Gasteiger partial charge in [0.2, 0.25) is 5.75 Å². The minimum absolute atomic E-state index is 0.00521. The normalized spacial score (nSPS) is 19.8. The zero-order chi connectivity index (χ0) is 29.7. The van der Waals surface area contributed by atoms with Crippen LogP contribution < -0.4 is 18.9 Å². The minimum Gasteiger partial charge on any atom is -0.504 e. The lowest BCUT2D eigenvalue weighted by Crippen LogP contribution is -2.34. The van der Waals surface area contributed by atoms with Crippen molar-refractivity contribution in [3.05, 3.63) is 100 Å². The zero-order valence-corrected chi connectivity index (χ0v) is 25.2. The molecule has 1 N–H and O–H groups in total. The average molecular weight is 579 g/mol. The van der Waals surface area contributed by atoms with Crippen LogP contribution in [-0.4, -0.2) is 56.3 Å². The summed E-state index contributed by atoms with van der Waals surface area (Å²) in [6, 6.07) is 22.7. The molecular weight excluding hydrogens is 540 g/mol. The van der Waals surface area contributed by atoms with E-state index in [1.54, 1.807) is 20.3 Å². The highest BCUT2D eigenvalue weighted by atomic mass is 16.5. The van der Waals surface area contributed by atoms with Crippen molar-refractivity contribution in [1.82, 2.24) is 9.80 Å². The van der Waals surface area contributed by atoms with Crippen molar-refractivity contribution in [2.24, 2.45) is 0 Å². The van der Waals surface area contributed by atoms with Crippen molar-refractivity contribution < 1.29 is 24.1 Å². The summed E-state index contributed by atoms with van der Waals surface area (Å²) in [6.45, 7) is 1.90. The first-order valence-corrected chi connectivity index (χ1v) is 15.0. The van der Waals surface area contributed by atoms with E-state index >= 15 is 0 Å². The van der Waals surface area contributed by atoms with E-state index < -0.39 is 0 Å². The average Bonchev–Trinajstić information content (AvgIpc) is 3.01. The predicted molar refractivity (Wildman–Crippen MR) is 166 cm³/mol. The summed E-state index contributed by atoms with van der Waals surface area (Å²) in [5.41, 5.74) is 7.21. The molecule has 0 spiro atoms. The number of hydrogen-bond donors (Lipinski definition) is 1. The Hall–Kier alpha value is -4.20. The number of phenols is 1. The molecule has 222 valence electrons. The van der Waals surface area contributed by atoms with Crippen LogP contribution >= 0.6 is 0 Å². The molecular formula is C36H38N2O5. The van der Waals surface area contributed by atoms with Crippen molar-refractivity contribution in [3.8, 4) is 40.2 Å². The van der Waals surface area contributed by atoms with Gasteiger partial charge in [-0.3, -0.25) is 9.80 Å². The molecule has 4 aliphatic rings. The Morgan fingerprint density at radius 3 is 2.19 bits per heavy atom. The lowest BCUT2D eigenvalue weighted by Gasteiger charge is -2.37. The van der Waals surface area contributed by atoms with Gasteiger partial charge in [-0.1, -0.05) is 24.3 Å². The van der Waals surface area contributed by atoms with Crippen LogP contribution in [0, 0.1) is 0 Å². The number of nitrogens with zero attached hydrogens (tertiary/aromatic N) is 2. The van der Waals surface area contributed by atoms with Gasteiger partial charge in [0.15, 0.2) is 23.0 Å². The quantitative estimate of drug-likeness (QED) is 0.279. The van der Waals surface area contributed by atoms with Crippen LogP contribution in [0.4, 0.5) is 0 Å². The predicted octanol–water partition coefficient (Wildman–Crippen LogP) is 6.85. The van der Waals surface area contributed by atoms with Crippen molar-refractivity contribution in [2.75, 3.05) is 41.4 Å². The number of likely N-dealkylation sites (N-methyl/N-ethyl adjacent to an activating group) is 2. The molecule has 7 heteroatoms. The molecule has 7 nitrogen and oxygen atoms in total. The molecule has 0 saturated carbocycles. The summed E-state index contributed by atoms with van der Waals surface area (Å²) in [4.78, 5) is 4.79. The molecule has 0 unspecified atom stereocenters. The molecule has 0 amide bonds. The fourth-order valence-electron chi connectivity index (χ4n) is 6.91. The van der Waals surface area contributed by atoms with E-state index in [4.69, 9.17) is 18.9 Å². The number of aromatic hydroxyl groups is 1. The number of rotatable bonds is 2.